The van der Waals surface area contributed by atoms with Crippen molar-refractivity contribution in [1.82, 2.24) is 4.98 Å². The SMILES string of the molecule is CSCCC(O)Cc1ccc(Br)cn1. The summed E-state index contributed by atoms with van der Waals surface area (Å²) in [5, 5.41) is 9.64. The molecule has 1 heterocycles. The first-order valence-corrected chi connectivity index (χ1v) is 6.68. The predicted molar refractivity (Wildman–Crippen MR) is 64.6 cm³/mol. The third kappa shape index (κ3) is 4.44. The summed E-state index contributed by atoms with van der Waals surface area (Å²) >= 11 is 5.08. The zero-order valence-electron chi connectivity index (χ0n) is 8.11. The Morgan fingerprint density at radius 3 is 2.93 bits per heavy atom. The van der Waals surface area contributed by atoms with Crippen molar-refractivity contribution in [1.29, 1.82) is 0 Å². The minimum Gasteiger partial charge on any atom is -0.393 e. The monoisotopic (exact) mass is 275 g/mol. The van der Waals surface area contributed by atoms with E-state index in [1.54, 1.807) is 18.0 Å². The van der Waals surface area contributed by atoms with Gasteiger partial charge in [0.1, 0.15) is 0 Å². The quantitative estimate of drug-likeness (QED) is 0.897. The van der Waals surface area contributed by atoms with Crippen LogP contribution in [0.1, 0.15) is 12.1 Å². The van der Waals surface area contributed by atoms with Crippen LogP contribution >= 0.6 is 27.7 Å². The number of halogens is 1. The number of aromatic nitrogens is 1. The number of thioether (sulfide) groups is 1. The summed E-state index contributed by atoms with van der Waals surface area (Å²) in [7, 11) is 0. The fraction of sp³-hybridized carbons (Fsp3) is 0.500. The fourth-order valence-corrected chi connectivity index (χ4v) is 1.87. The Bertz CT molecular complexity index is 265. The molecule has 0 aliphatic rings. The zero-order valence-corrected chi connectivity index (χ0v) is 10.5. The van der Waals surface area contributed by atoms with E-state index in [0.29, 0.717) is 6.42 Å². The Kier molecular flexibility index (Phi) is 5.52. The molecule has 4 heteroatoms. The Balaban J connectivity index is 2.39. The smallest absolute Gasteiger partial charge is 0.0603 e. The molecule has 1 atom stereocenters. The molecule has 14 heavy (non-hydrogen) atoms. The molecule has 0 bridgehead atoms. The van der Waals surface area contributed by atoms with Gasteiger partial charge in [-0.25, -0.2) is 0 Å². The number of rotatable bonds is 5. The fourth-order valence-electron chi connectivity index (χ4n) is 1.12. The molecule has 2 nitrogen and oxygen atoms in total. The maximum Gasteiger partial charge on any atom is 0.0603 e. The largest absolute Gasteiger partial charge is 0.393 e. The van der Waals surface area contributed by atoms with Crippen LogP contribution in [0.25, 0.3) is 0 Å². The lowest BCUT2D eigenvalue weighted by atomic mass is 10.1. The molecule has 1 N–H and O–H groups in total. The molecule has 1 rings (SSSR count). The molecule has 0 aromatic carbocycles. The molecule has 1 unspecified atom stereocenters. The van der Waals surface area contributed by atoms with Gasteiger partial charge >= 0.3 is 0 Å². The van der Waals surface area contributed by atoms with E-state index in [4.69, 9.17) is 0 Å². The van der Waals surface area contributed by atoms with Gasteiger partial charge in [-0.3, -0.25) is 4.98 Å². The highest BCUT2D eigenvalue weighted by atomic mass is 79.9. The van der Waals surface area contributed by atoms with Crippen LogP contribution in [0.3, 0.4) is 0 Å². The first-order valence-electron chi connectivity index (χ1n) is 4.50. The van der Waals surface area contributed by atoms with Crippen LogP contribution < -0.4 is 0 Å². The van der Waals surface area contributed by atoms with Crippen LogP contribution in [-0.4, -0.2) is 28.2 Å². The van der Waals surface area contributed by atoms with E-state index >= 15 is 0 Å². The van der Waals surface area contributed by atoms with Gasteiger partial charge in [0.25, 0.3) is 0 Å². The van der Waals surface area contributed by atoms with Crippen molar-refractivity contribution in [2.24, 2.45) is 0 Å². The first-order chi connectivity index (χ1) is 6.72. The summed E-state index contributed by atoms with van der Waals surface area (Å²) in [6.45, 7) is 0. The second-order valence-electron chi connectivity index (χ2n) is 3.11. The predicted octanol–water partition coefficient (Wildman–Crippen LogP) is 2.50. The van der Waals surface area contributed by atoms with Gasteiger partial charge in [-0.1, -0.05) is 0 Å². The summed E-state index contributed by atoms with van der Waals surface area (Å²) in [4.78, 5) is 4.21. The molecule has 0 spiro atoms. The number of hydrogen-bond donors (Lipinski definition) is 1. The summed E-state index contributed by atoms with van der Waals surface area (Å²) in [6, 6.07) is 3.88. The van der Waals surface area contributed by atoms with E-state index in [2.05, 4.69) is 20.9 Å². The number of nitrogens with zero attached hydrogens (tertiary/aromatic N) is 1. The molecule has 1 aromatic heterocycles. The minimum atomic E-state index is -0.267. The van der Waals surface area contributed by atoms with Crippen molar-refractivity contribution in [3.05, 3.63) is 28.5 Å². The van der Waals surface area contributed by atoms with Gasteiger partial charge in [0, 0.05) is 22.8 Å². The summed E-state index contributed by atoms with van der Waals surface area (Å²) in [6.07, 6.45) is 5.02. The maximum atomic E-state index is 9.64. The van der Waals surface area contributed by atoms with Crippen molar-refractivity contribution >= 4 is 27.7 Å². The van der Waals surface area contributed by atoms with E-state index in [-0.39, 0.29) is 6.10 Å². The molecular weight excluding hydrogens is 262 g/mol. The van der Waals surface area contributed by atoms with Crippen molar-refractivity contribution < 1.29 is 5.11 Å². The number of hydrogen-bond acceptors (Lipinski definition) is 3. The lowest BCUT2D eigenvalue weighted by Crippen LogP contribution is -2.12. The second kappa shape index (κ2) is 6.43. The van der Waals surface area contributed by atoms with E-state index in [0.717, 1.165) is 22.3 Å². The number of aliphatic hydroxyl groups is 1. The number of pyridine rings is 1. The van der Waals surface area contributed by atoms with Crippen LogP contribution in [0.2, 0.25) is 0 Å². The Morgan fingerprint density at radius 2 is 2.36 bits per heavy atom. The van der Waals surface area contributed by atoms with Crippen molar-refractivity contribution in [3.63, 3.8) is 0 Å². The van der Waals surface area contributed by atoms with Crippen molar-refractivity contribution in [2.45, 2.75) is 18.9 Å². The van der Waals surface area contributed by atoms with Crippen LogP contribution in [-0.2, 0) is 6.42 Å². The van der Waals surface area contributed by atoms with Crippen molar-refractivity contribution in [2.75, 3.05) is 12.0 Å². The lowest BCUT2D eigenvalue weighted by Gasteiger charge is -2.08. The molecule has 1 aromatic rings. The van der Waals surface area contributed by atoms with Gasteiger partial charge in [0.2, 0.25) is 0 Å². The lowest BCUT2D eigenvalue weighted by molar-refractivity contribution is 0.171. The van der Waals surface area contributed by atoms with Gasteiger partial charge in [0.15, 0.2) is 0 Å². The zero-order chi connectivity index (χ0) is 10.4. The van der Waals surface area contributed by atoms with Crippen LogP contribution in [0.15, 0.2) is 22.8 Å². The average Bonchev–Trinajstić information content (AvgIpc) is 2.18. The minimum absolute atomic E-state index is 0.267. The van der Waals surface area contributed by atoms with Gasteiger partial charge < -0.3 is 5.11 Å². The molecule has 78 valence electrons. The van der Waals surface area contributed by atoms with Gasteiger partial charge in [0.05, 0.1) is 6.10 Å². The molecular formula is C10H14BrNOS. The molecule has 0 saturated heterocycles. The Morgan fingerprint density at radius 1 is 1.57 bits per heavy atom. The third-order valence-corrected chi connectivity index (χ3v) is 3.00. The van der Waals surface area contributed by atoms with E-state index < -0.39 is 0 Å². The highest BCUT2D eigenvalue weighted by Crippen LogP contribution is 2.10. The van der Waals surface area contributed by atoms with Crippen LogP contribution in [0, 0.1) is 0 Å². The van der Waals surface area contributed by atoms with E-state index in [1.165, 1.54) is 0 Å². The highest BCUT2D eigenvalue weighted by molar-refractivity contribution is 9.10. The van der Waals surface area contributed by atoms with E-state index in [9.17, 15) is 5.11 Å². The molecule has 0 aliphatic carbocycles. The standard InChI is InChI=1S/C10H14BrNOS/c1-14-5-4-10(13)6-9-3-2-8(11)7-12-9/h2-3,7,10,13H,4-6H2,1H3. The topological polar surface area (TPSA) is 33.1 Å². The highest BCUT2D eigenvalue weighted by Gasteiger charge is 2.05. The average molecular weight is 276 g/mol. The van der Waals surface area contributed by atoms with Crippen LogP contribution in [0.4, 0.5) is 0 Å². The molecule has 0 fully saturated rings. The first kappa shape index (κ1) is 12.0. The van der Waals surface area contributed by atoms with Crippen LogP contribution in [0.5, 0.6) is 0 Å². The second-order valence-corrected chi connectivity index (χ2v) is 5.01. The molecule has 0 radical (unpaired) electrons. The molecule has 0 amide bonds. The van der Waals surface area contributed by atoms with Crippen molar-refractivity contribution in [3.8, 4) is 0 Å². The van der Waals surface area contributed by atoms with Gasteiger partial charge in [-0.2, -0.15) is 11.8 Å². The van der Waals surface area contributed by atoms with Gasteiger partial charge in [-0.15, -0.1) is 0 Å². The van der Waals surface area contributed by atoms with E-state index in [1.807, 2.05) is 18.4 Å². The Hall–Kier alpha value is -0.0600. The summed E-state index contributed by atoms with van der Waals surface area (Å²) < 4.78 is 0.972. The molecule has 0 saturated carbocycles. The summed E-state index contributed by atoms with van der Waals surface area (Å²) in [5.74, 6) is 0.998. The summed E-state index contributed by atoms with van der Waals surface area (Å²) in [5.41, 5.74) is 0.946. The molecule has 0 aliphatic heterocycles. The third-order valence-electron chi connectivity index (χ3n) is 1.89. The Labute approximate surface area is 97.3 Å². The number of aliphatic hydroxyl groups excluding tert-OH is 1. The van der Waals surface area contributed by atoms with Gasteiger partial charge in [-0.05, 0) is 46.5 Å². The maximum absolute atomic E-state index is 9.64. The normalized spacial score (nSPS) is 12.8.